The van der Waals surface area contributed by atoms with Gasteiger partial charge in [0.2, 0.25) is 5.91 Å². The normalized spacial score (nSPS) is 18.0. The number of aromatic hydroxyl groups is 1. The molecule has 1 amide bonds. The lowest BCUT2D eigenvalue weighted by Gasteiger charge is -2.32. The number of rotatable bonds is 0. The van der Waals surface area contributed by atoms with E-state index in [0.717, 1.165) is 5.69 Å². The van der Waals surface area contributed by atoms with E-state index in [0.29, 0.717) is 5.69 Å². The van der Waals surface area contributed by atoms with Crippen molar-refractivity contribution in [1.29, 1.82) is 0 Å². The van der Waals surface area contributed by atoms with E-state index in [2.05, 4.69) is 10.6 Å². The highest BCUT2D eigenvalue weighted by Crippen LogP contribution is 2.36. The molecule has 1 aliphatic heterocycles. The van der Waals surface area contributed by atoms with Crippen LogP contribution in [-0.2, 0) is 4.79 Å². The summed E-state index contributed by atoms with van der Waals surface area (Å²) in [5.41, 5.74) is 0.562. The smallest absolute Gasteiger partial charge is 0.249 e. The SMILES string of the molecule is CC1(C)Nc2cccc(O)c2NC1=O. The number of benzene rings is 1. The largest absolute Gasteiger partial charge is 0.506 e. The lowest BCUT2D eigenvalue weighted by Crippen LogP contribution is -2.47. The van der Waals surface area contributed by atoms with E-state index in [4.69, 9.17) is 0 Å². The van der Waals surface area contributed by atoms with Gasteiger partial charge in [-0.2, -0.15) is 0 Å². The molecule has 4 heteroatoms. The molecule has 0 unspecified atom stereocenters. The van der Waals surface area contributed by atoms with Crippen molar-refractivity contribution in [2.45, 2.75) is 19.4 Å². The molecule has 0 bridgehead atoms. The molecular formula is C10H12N2O2. The number of para-hydroxylation sites is 1. The summed E-state index contributed by atoms with van der Waals surface area (Å²) in [4.78, 5) is 11.5. The number of carbonyl (C=O) groups excluding carboxylic acids is 1. The molecule has 0 saturated carbocycles. The fourth-order valence-corrected chi connectivity index (χ4v) is 1.44. The number of fused-ring (bicyclic) bond motifs is 1. The Morgan fingerprint density at radius 2 is 2.07 bits per heavy atom. The van der Waals surface area contributed by atoms with Crippen LogP contribution in [0.15, 0.2) is 18.2 Å². The Morgan fingerprint density at radius 3 is 2.79 bits per heavy atom. The molecule has 2 rings (SSSR count). The molecule has 1 heterocycles. The first kappa shape index (κ1) is 8.87. The molecule has 14 heavy (non-hydrogen) atoms. The molecule has 0 atom stereocenters. The van der Waals surface area contributed by atoms with Crippen LogP contribution in [0.5, 0.6) is 5.75 Å². The Balaban J connectivity index is 2.51. The van der Waals surface area contributed by atoms with Crippen LogP contribution in [0.2, 0.25) is 0 Å². The van der Waals surface area contributed by atoms with Gasteiger partial charge in [-0.05, 0) is 26.0 Å². The van der Waals surface area contributed by atoms with E-state index in [1.807, 2.05) is 6.07 Å². The van der Waals surface area contributed by atoms with Gasteiger partial charge < -0.3 is 15.7 Å². The van der Waals surface area contributed by atoms with Crippen LogP contribution in [0.3, 0.4) is 0 Å². The standard InChI is InChI=1S/C10H12N2O2/c1-10(2)9(14)11-8-6(12-10)4-3-5-7(8)13/h3-5,12-13H,1-2H3,(H,11,14). The first-order valence-corrected chi connectivity index (χ1v) is 4.42. The fourth-order valence-electron chi connectivity index (χ4n) is 1.44. The van der Waals surface area contributed by atoms with Gasteiger partial charge in [-0.15, -0.1) is 0 Å². The van der Waals surface area contributed by atoms with E-state index in [-0.39, 0.29) is 11.7 Å². The van der Waals surface area contributed by atoms with Crippen LogP contribution < -0.4 is 10.6 Å². The third-order valence-electron chi connectivity index (χ3n) is 2.30. The average molecular weight is 192 g/mol. The van der Waals surface area contributed by atoms with Gasteiger partial charge in [0.15, 0.2) is 0 Å². The first-order chi connectivity index (χ1) is 6.50. The first-order valence-electron chi connectivity index (χ1n) is 4.42. The van der Waals surface area contributed by atoms with Gasteiger partial charge in [0.1, 0.15) is 17.0 Å². The van der Waals surface area contributed by atoms with Crippen molar-refractivity contribution in [2.24, 2.45) is 0 Å². The molecule has 3 N–H and O–H groups in total. The lowest BCUT2D eigenvalue weighted by atomic mass is 10.00. The zero-order chi connectivity index (χ0) is 10.3. The third-order valence-corrected chi connectivity index (χ3v) is 2.30. The van der Waals surface area contributed by atoms with Gasteiger partial charge in [-0.3, -0.25) is 4.79 Å². The number of carbonyl (C=O) groups is 1. The van der Waals surface area contributed by atoms with Gasteiger partial charge >= 0.3 is 0 Å². The minimum absolute atomic E-state index is 0.0823. The van der Waals surface area contributed by atoms with Gasteiger partial charge in [0, 0.05) is 0 Å². The molecule has 0 aliphatic carbocycles. The third kappa shape index (κ3) is 1.19. The molecule has 1 aromatic rings. The van der Waals surface area contributed by atoms with Crippen molar-refractivity contribution < 1.29 is 9.90 Å². The Hall–Kier alpha value is -1.71. The lowest BCUT2D eigenvalue weighted by molar-refractivity contribution is -0.119. The van der Waals surface area contributed by atoms with E-state index in [1.54, 1.807) is 26.0 Å². The molecule has 1 aliphatic rings. The molecule has 0 saturated heterocycles. The predicted molar refractivity (Wildman–Crippen MR) is 54.4 cm³/mol. The quantitative estimate of drug-likeness (QED) is 0.546. The summed E-state index contributed by atoms with van der Waals surface area (Å²) in [6, 6.07) is 5.09. The van der Waals surface area contributed by atoms with Crippen molar-refractivity contribution >= 4 is 17.3 Å². The maximum absolute atomic E-state index is 11.5. The number of nitrogens with one attached hydrogen (secondary N) is 2. The number of amides is 1. The summed E-state index contributed by atoms with van der Waals surface area (Å²) >= 11 is 0. The number of hydrogen-bond acceptors (Lipinski definition) is 3. The monoisotopic (exact) mass is 192 g/mol. The highest BCUT2D eigenvalue weighted by atomic mass is 16.3. The van der Waals surface area contributed by atoms with Crippen LogP contribution in [0.1, 0.15) is 13.8 Å². The second-order valence-electron chi connectivity index (χ2n) is 3.90. The van der Waals surface area contributed by atoms with Crippen molar-refractivity contribution in [2.75, 3.05) is 10.6 Å². The Labute approximate surface area is 81.9 Å². The van der Waals surface area contributed by atoms with Gasteiger partial charge in [-0.1, -0.05) is 6.07 Å². The molecular weight excluding hydrogens is 180 g/mol. The van der Waals surface area contributed by atoms with Crippen LogP contribution in [0.25, 0.3) is 0 Å². The summed E-state index contributed by atoms with van der Waals surface area (Å²) in [7, 11) is 0. The number of hydrogen-bond donors (Lipinski definition) is 3. The molecule has 0 aromatic heterocycles. The summed E-state index contributed by atoms with van der Waals surface area (Å²) in [6.07, 6.45) is 0. The Kier molecular flexibility index (Phi) is 1.67. The molecule has 0 fully saturated rings. The van der Waals surface area contributed by atoms with Crippen molar-refractivity contribution in [3.05, 3.63) is 18.2 Å². The Bertz CT molecular complexity index is 399. The second-order valence-corrected chi connectivity index (χ2v) is 3.90. The van der Waals surface area contributed by atoms with Crippen LogP contribution in [-0.4, -0.2) is 16.6 Å². The number of anilines is 2. The molecule has 1 aromatic carbocycles. The topological polar surface area (TPSA) is 61.4 Å². The molecule has 74 valence electrons. The summed E-state index contributed by atoms with van der Waals surface area (Å²) in [6.45, 7) is 3.57. The van der Waals surface area contributed by atoms with Crippen LogP contribution >= 0.6 is 0 Å². The zero-order valence-electron chi connectivity index (χ0n) is 8.09. The minimum atomic E-state index is -0.638. The maximum atomic E-state index is 11.5. The van der Waals surface area contributed by atoms with Crippen molar-refractivity contribution in [3.8, 4) is 5.75 Å². The van der Waals surface area contributed by atoms with Gasteiger partial charge in [0.05, 0.1) is 5.69 Å². The van der Waals surface area contributed by atoms with Crippen LogP contribution in [0.4, 0.5) is 11.4 Å². The van der Waals surface area contributed by atoms with E-state index < -0.39 is 5.54 Å². The maximum Gasteiger partial charge on any atom is 0.249 e. The van der Waals surface area contributed by atoms with Crippen molar-refractivity contribution in [1.82, 2.24) is 0 Å². The fraction of sp³-hybridized carbons (Fsp3) is 0.300. The predicted octanol–water partition coefficient (Wildman–Crippen LogP) is 1.53. The van der Waals surface area contributed by atoms with E-state index in [9.17, 15) is 9.90 Å². The van der Waals surface area contributed by atoms with Crippen LogP contribution in [0, 0.1) is 0 Å². The van der Waals surface area contributed by atoms with Gasteiger partial charge in [0.25, 0.3) is 0 Å². The highest BCUT2D eigenvalue weighted by Gasteiger charge is 2.33. The Morgan fingerprint density at radius 1 is 1.36 bits per heavy atom. The molecule has 0 spiro atoms. The minimum Gasteiger partial charge on any atom is -0.506 e. The van der Waals surface area contributed by atoms with E-state index in [1.165, 1.54) is 0 Å². The number of phenols is 1. The van der Waals surface area contributed by atoms with Crippen molar-refractivity contribution in [3.63, 3.8) is 0 Å². The highest BCUT2D eigenvalue weighted by molar-refractivity contribution is 6.06. The summed E-state index contributed by atoms with van der Waals surface area (Å²) < 4.78 is 0. The van der Waals surface area contributed by atoms with E-state index >= 15 is 0 Å². The summed E-state index contributed by atoms with van der Waals surface area (Å²) in [5, 5.41) is 15.2. The van der Waals surface area contributed by atoms with Gasteiger partial charge in [-0.25, -0.2) is 0 Å². The number of phenolic OH excluding ortho intramolecular Hbond substituents is 1. The second kappa shape index (κ2) is 2.64. The average Bonchev–Trinajstić information content (AvgIpc) is 2.08. The summed E-state index contributed by atoms with van der Waals surface area (Å²) in [5.74, 6) is -0.0645. The molecule has 4 nitrogen and oxygen atoms in total. The molecule has 0 radical (unpaired) electrons. The zero-order valence-corrected chi connectivity index (χ0v) is 8.09.